The zero-order valence-corrected chi connectivity index (χ0v) is 21.8. The molecule has 0 saturated heterocycles. The molecule has 0 aliphatic rings. The number of primary amides is 1. The Kier molecular flexibility index (Phi) is 8.02. The van der Waals surface area contributed by atoms with Gasteiger partial charge in [-0.1, -0.05) is 0 Å². The van der Waals surface area contributed by atoms with Crippen molar-refractivity contribution in [3.05, 3.63) is 64.4 Å². The molecule has 0 fully saturated rings. The lowest BCUT2D eigenvalue weighted by Crippen LogP contribution is -2.49. The van der Waals surface area contributed by atoms with Crippen LogP contribution in [0.15, 0.2) is 42.5 Å². The Morgan fingerprint density at radius 1 is 1.08 bits per heavy atom. The van der Waals surface area contributed by atoms with Crippen LogP contribution in [0.4, 0.5) is 15.8 Å². The molecule has 2 aromatic carbocycles. The van der Waals surface area contributed by atoms with Crippen molar-refractivity contribution in [2.75, 3.05) is 24.9 Å². The molecule has 3 rings (SSSR count). The predicted molar refractivity (Wildman–Crippen MR) is 138 cm³/mol. The van der Waals surface area contributed by atoms with E-state index in [1.165, 1.54) is 26.4 Å². The monoisotopic (exact) mass is 529 g/mol. The van der Waals surface area contributed by atoms with Gasteiger partial charge >= 0.3 is 0 Å². The smallest absolute Gasteiger partial charge is 0.273 e. The van der Waals surface area contributed by atoms with Crippen LogP contribution >= 0.6 is 11.5 Å². The molecule has 196 valence electrons. The highest BCUT2D eigenvalue weighted by Gasteiger charge is 2.38. The minimum absolute atomic E-state index is 0.117. The number of hydrogen-bond acceptors (Lipinski definition) is 8. The molecule has 0 saturated carbocycles. The van der Waals surface area contributed by atoms with Gasteiger partial charge in [0, 0.05) is 16.8 Å². The van der Waals surface area contributed by atoms with Gasteiger partial charge in [-0.05, 0) is 74.8 Å². The van der Waals surface area contributed by atoms with E-state index < -0.39 is 35.1 Å². The second kappa shape index (κ2) is 10.8. The zero-order valence-electron chi connectivity index (χ0n) is 21.0. The van der Waals surface area contributed by atoms with E-state index in [0.29, 0.717) is 28.6 Å². The van der Waals surface area contributed by atoms with Gasteiger partial charge in [0.15, 0.2) is 5.69 Å². The SMILES string of the molecule is COc1ccc(OC)c(C(C(=O)NC(C)(C)C)N(C(=O)c2snc(C(N)=O)c2N)c2ccc(F)cc2)c1. The highest BCUT2D eigenvalue weighted by atomic mass is 32.1. The van der Waals surface area contributed by atoms with Crippen LogP contribution in [0.1, 0.15) is 52.5 Å². The number of nitrogens with one attached hydrogen (secondary N) is 1. The highest BCUT2D eigenvalue weighted by Crippen LogP contribution is 2.38. The summed E-state index contributed by atoms with van der Waals surface area (Å²) in [6.45, 7) is 5.36. The number of ether oxygens (including phenoxy) is 2. The number of aromatic nitrogens is 1. The Labute approximate surface area is 217 Å². The Morgan fingerprint density at radius 2 is 1.73 bits per heavy atom. The summed E-state index contributed by atoms with van der Waals surface area (Å²) < 4.78 is 28.7. The van der Waals surface area contributed by atoms with Crippen molar-refractivity contribution < 1.29 is 28.2 Å². The first-order valence-electron chi connectivity index (χ1n) is 11.1. The summed E-state index contributed by atoms with van der Waals surface area (Å²) in [5.74, 6) is -2.06. The topological polar surface area (TPSA) is 150 Å². The maximum absolute atomic E-state index is 14.0. The first kappa shape index (κ1) is 27.4. The van der Waals surface area contributed by atoms with Gasteiger partial charge in [0.2, 0.25) is 5.91 Å². The molecular weight excluding hydrogens is 501 g/mol. The standard InChI is InChI=1S/C25H28FN5O5S/c1-25(2,3)29-23(33)20(16-12-15(35-4)10-11-17(16)36-5)31(14-8-6-13(26)7-9-14)24(34)21-18(27)19(22(28)32)30-37-21/h6-12,20H,27H2,1-5H3,(H2,28,32)(H,29,33). The minimum Gasteiger partial charge on any atom is -0.497 e. The molecule has 0 bridgehead atoms. The van der Waals surface area contributed by atoms with Crippen molar-refractivity contribution in [2.24, 2.45) is 5.73 Å². The normalized spacial score (nSPS) is 11.9. The van der Waals surface area contributed by atoms with Crippen LogP contribution in [0, 0.1) is 5.82 Å². The Hall–Kier alpha value is -4.19. The van der Waals surface area contributed by atoms with E-state index in [1.54, 1.807) is 39.0 Å². The van der Waals surface area contributed by atoms with E-state index in [0.717, 1.165) is 17.0 Å². The lowest BCUT2D eigenvalue weighted by atomic mass is 9.99. The number of amides is 3. The number of methoxy groups -OCH3 is 2. The fourth-order valence-corrected chi connectivity index (χ4v) is 4.35. The lowest BCUT2D eigenvalue weighted by Gasteiger charge is -2.34. The van der Waals surface area contributed by atoms with Crippen molar-refractivity contribution >= 4 is 40.6 Å². The molecular formula is C25H28FN5O5S. The molecule has 37 heavy (non-hydrogen) atoms. The summed E-state index contributed by atoms with van der Waals surface area (Å²) >= 11 is 0.665. The van der Waals surface area contributed by atoms with Crippen LogP contribution in [-0.2, 0) is 4.79 Å². The number of rotatable bonds is 8. The van der Waals surface area contributed by atoms with Crippen LogP contribution in [-0.4, -0.2) is 41.9 Å². The third-order valence-electron chi connectivity index (χ3n) is 5.22. The quantitative estimate of drug-likeness (QED) is 0.405. The van der Waals surface area contributed by atoms with Gasteiger partial charge in [0.25, 0.3) is 11.8 Å². The predicted octanol–water partition coefficient (Wildman–Crippen LogP) is 3.28. The van der Waals surface area contributed by atoms with Gasteiger partial charge in [0.05, 0.1) is 19.9 Å². The molecule has 10 nitrogen and oxygen atoms in total. The molecule has 3 amide bonds. The summed E-state index contributed by atoms with van der Waals surface area (Å²) in [6.07, 6.45) is 0. The molecule has 0 aliphatic carbocycles. The summed E-state index contributed by atoms with van der Waals surface area (Å²) in [6, 6.07) is 8.49. The average Bonchev–Trinajstić information content (AvgIpc) is 3.22. The van der Waals surface area contributed by atoms with Crippen molar-refractivity contribution in [3.63, 3.8) is 0 Å². The number of benzene rings is 2. The molecule has 1 atom stereocenters. The van der Waals surface area contributed by atoms with Gasteiger partial charge in [-0.15, -0.1) is 0 Å². The number of hydrogen-bond donors (Lipinski definition) is 3. The van der Waals surface area contributed by atoms with E-state index in [1.807, 2.05) is 0 Å². The van der Waals surface area contributed by atoms with E-state index >= 15 is 0 Å². The van der Waals surface area contributed by atoms with Crippen molar-refractivity contribution in [1.29, 1.82) is 0 Å². The van der Waals surface area contributed by atoms with Gasteiger partial charge in [-0.3, -0.25) is 19.3 Å². The van der Waals surface area contributed by atoms with Gasteiger partial charge in [-0.25, -0.2) is 4.39 Å². The Morgan fingerprint density at radius 3 is 2.24 bits per heavy atom. The Balaban J connectivity index is 2.32. The minimum atomic E-state index is -1.33. The zero-order chi connectivity index (χ0) is 27.5. The maximum atomic E-state index is 14.0. The number of carbonyl (C=O) groups is 3. The van der Waals surface area contributed by atoms with Crippen molar-refractivity contribution in [3.8, 4) is 11.5 Å². The second-order valence-corrected chi connectivity index (χ2v) is 9.81. The van der Waals surface area contributed by atoms with Crippen molar-refractivity contribution in [2.45, 2.75) is 32.4 Å². The first-order chi connectivity index (χ1) is 17.4. The largest absolute Gasteiger partial charge is 0.497 e. The van der Waals surface area contributed by atoms with E-state index in [-0.39, 0.29) is 21.9 Å². The van der Waals surface area contributed by atoms with Crippen molar-refractivity contribution in [1.82, 2.24) is 9.69 Å². The maximum Gasteiger partial charge on any atom is 0.273 e. The fraction of sp³-hybridized carbons (Fsp3) is 0.280. The second-order valence-electron chi connectivity index (χ2n) is 9.04. The third kappa shape index (κ3) is 5.97. The Bertz CT molecular complexity index is 1320. The average molecular weight is 530 g/mol. The summed E-state index contributed by atoms with van der Waals surface area (Å²) in [4.78, 5) is 40.7. The first-order valence-corrected chi connectivity index (χ1v) is 11.8. The number of anilines is 2. The molecule has 3 aromatic rings. The molecule has 12 heteroatoms. The summed E-state index contributed by atoms with van der Waals surface area (Å²) in [5, 5.41) is 2.89. The molecule has 0 aliphatic heterocycles. The molecule has 0 radical (unpaired) electrons. The molecule has 1 unspecified atom stereocenters. The molecule has 5 N–H and O–H groups in total. The third-order valence-corrected chi connectivity index (χ3v) is 6.07. The van der Waals surface area contributed by atoms with Crippen LogP contribution < -0.4 is 31.2 Å². The number of halogens is 1. The molecule has 1 heterocycles. The molecule has 1 aromatic heterocycles. The number of nitrogens with zero attached hydrogens (tertiary/aromatic N) is 2. The van der Waals surface area contributed by atoms with Gasteiger partial charge in [-0.2, -0.15) is 4.37 Å². The number of nitrogens with two attached hydrogens (primary N) is 2. The van der Waals surface area contributed by atoms with Crippen LogP contribution in [0.25, 0.3) is 0 Å². The lowest BCUT2D eigenvalue weighted by molar-refractivity contribution is -0.123. The number of nitrogen functional groups attached to an aromatic ring is 1. The summed E-state index contributed by atoms with van der Waals surface area (Å²) in [5.41, 5.74) is 10.7. The van der Waals surface area contributed by atoms with Crippen LogP contribution in [0.5, 0.6) is 11.5 Å². The summed E-state index contributed by atoms with van der Waals surface area (Å²) in [7, 11) is 2.89. The highest BCUT2D eigenvalue weighted by molar-refractivity contribution is 7.09. The fourth-order valence-electron chi connectivity index (χ4n) is 3.61. The van der Waals surface area contributed by atoms with Crippen LogP contribution in [0.2, 0.25) is 0 Å². The molecule has 0 spiro atoms. The van der Waals surface area contributed by atoms with Crippen LogP contribution in [0.3, 0.4) is 0 Å². The van der Waals surface area contributed by atoms with E-state index in [2.05, 4.69) is 9.69 Å². The van der Waals surface area contributed by atoms with Gasteiger partial charge < -0.3 is 26.3 Å². The van der Waals surface area contributed by atoms with E-state index in [9.17, 15) is 18.8 Å². The van der Waals surface area contributed by atoms with E-state index in [4.69, 9.17) is 20.9 Å². The number of carbonyl (C=O) groups excluding carboxylic acids is 3. The van der Waals surface area contributed by atoms with Gasteiger partial charge in [0.1, 0.15) is 28.2 Å².